The average molecular weight is 344 g/mol. The molecule has 2 aromatic carbocycles. The van der Waals surface area contributed by atoms with E-state index >= 15 is 0 Å². The Kier molecular flexibility index (Phi) is 5.34. The maximum absolute atomic E-state index is 6.10. The van der Waals surface area contributed by atoms with E-state index in [0.29, 0.717) is 20.8 Å². The molecular weight excluding hydrogens is 331 g/mol. The van der Waals surface area contributed by atoms with Gasteiger partial charge in [-0.15, -0.1) is 0 Å². The van der Waals surface area contributed by atoms with E-state index in [9.17, 15) is 0 Å². The molecule has 0 unspecified atom stereocenters. The summed E-state index contributed by atoms with van der Waals surface area (Å²) in [6, 6.07) is 10.8. The lowest BCUT2D eigenvalue weighted by molar-refractivity contribution is 0.414. The molecule has 0 spiro atoms. The Morgan fingerprint density at radius 1 is 1.10 bits per heavy atom. The van der Waals surface area contributed by atoms with Crippen LogP contribution in [-0.2, 0) is 0 Å². The second-order valence-electron chi connectivity index (χ2n) is 4.25. The van der Waals surface area contributed by atoms with E-state index in [0.717, 1.165) is 17.0 Å². The maximum Gasteiger partial charge on any atom is 0.127 e. The van der Waals surface area contributed by atoms with Crippen LogP contribution in [0.25, 0.3) is 0 Å². The normalized spacial score (nSPS) is 11.4. The molecule has 0 radical (unpaired) electrons. The Labute approximate surface area is 138 Å². The van der Waals surface area contributed by atoms with Crippen molar-refractivity contribution >= 4 is 46.2 Å². The van der Waals surface area contributed by atoms with Gasteiger partial charge in [-0.1, -0.05) is 46.9 Å². The number of hydrazone groups is 1. The summed E-state index contributed by atoms with van der Waals surface area (Å²) < 4.78 is 5.30. The van der Waals surface area contributed by atoms with Gasteiger partial charge in [0.25, 0.3) is 0 Å². The van der Waals surface area contributed by atoms with Crippen molar-refractivity contribution in [3.63, 3.8) is 0 Å². The summed E-state index contributed by atoms with van der Waals surface area (Å²) in [4.78, 5) is 0. The first-order valence-electron chi connectivity index (χ1n) is 6.11. The van der Waals surface area contributed by atoms with Gasteiger partial charge in [0, 0.05) is 10.6 Å². The van der Waals surface area contributed by atoms with Gasteiger partial charge in [-0.2, -0.15) is 5.10 Å². The highest BCUT2D eigenvalue weighted by atomic mass is 35.5. The zero-order valence-corrected chi connectivity index (χ0v) is 13.7. The van der Waals surface area contributed by atoms with E-state index in [1.165, 1.54) is 0 Å². The number of methoxy groups -OCH3 is 1. The Hall–Kier alpha value is -1.42. The highest BCUT2D eigenvalue weighted by Gasteiger charge is 2.09. The van der Waals surface area contributed by atoms with Gasteiger partial charge in [0.15, 0.2) is 0 Å². The van der Waals surface area contributed by atoms with Crippen molar-refractivity contribution in [1.29, 1.82) is 0 Å². The van der Waals surface area contributed by atoms with Crippen LogP contribution < -0.4 is 10.2 Å². The average Bonchev–Trinajstić information content (AvgIpc) is 2.45. The number of para-hydroxylation sites is 1. The van der Waals surface area contributed by atoms with Gasteiger partial charge in [-0.25, -0.2) is 0 Å². The fraction of sp³-hybridized carbons (Fsp3) is 0.133. The molecule has 0 heterocycles. The summed E-state index contributed by atoms with van der Waals surface area (Å²) in [6.07, 6.45) is 0. The zero-order chi connectivity index (χ0) is 15.4. The van der Waals surface area contributed by atoms with Crippen LogP contribution in [0.15, 0.2) is 41.5 Å². The predicted octanol–water partition coefficient (Wildman–Crippen LogP) is 5.49. The second kappa shape index (κ2) is 7.03. The van der Waals surface area contributed by atoms with Crippen LogP contribution in [-0.4, -0.2) is 12.8 Å². The topological polar surface area (TPSA) is 33.6 Å². The number of nitrogens with one attached hydrogen (secondary N) is 1. The lowest BCUT2D eigenvalue weighted by Gasteiger charge is -2.10. The molecule has 1 N–H and O–H groups in total. The van der Waals surface area contributed by atoms with Crippen LogP contribution in [0.2, 0.25) is 15.1 Å². The number of rotatable bonds is 4. The Balaban J connectivity index is 2.29. The minimum atomic E-state index is 0.407. The van der Waals surface area contributed by atoms with Gasteiger partial charge >= 0.3 is 0 Å². The van der Waals surface area contributed by atoms with Gasteiger partial charge in [-0.05, 0) is 31.2 Å². The summed E-state index contributed by atoms with van der Waals surface area (Å²) in [5, 5.41) is 5.59. The van der Waals surface area contributed by atoms with Gasteiger partial charge in [-0.3, -0.25) is 5.43 Å². The van der Waals surface area contributed by atoms with Crippen molar-refractivity contribution in [2.45, 2.75) is 6.92 Å². The molecule has 0 fully saturated rings. The number of nitrogens with zero attached hydrogens (tertiary/aromatic N) is 1. The van der Waals surface area contributed by atoms with Crippen molar-refractivity contribution in [2.75, 3.05) is 12.5 Å². The molecule has 6 heteroatoms. The third-order valence-corrected chi connectivity index (χ3v) is 3.65. The number of ether oxygens (including phenoxy) is 1. The molecule has 0 saturated heterocycles. The third kappa shape index (κ3) is 3.82. The van der Waals surface area contributed by atoms with Crippen LogP contribution in [0.5, 0.6) is 5.75 Å². The number of anilines is 1. The van der Waals surface area contributed by atoms with Crippen molar-refractivity contribution in [2.24, 2.45) is 5.10 Å². The van der Waals surface area contributed by atoms with Gasteiger partial charge in [0.05, 0.1) is 28.6 Å². The summed E-state index contributed by atoms with van der Waals surface area (Å²) in [7, 11) is 1.62. The number of benzene rings is 2. The summed E-state index contributed by atoms with van der Waals surface area (Å²) in [5.74, 6) is 0.744. The summed E-state index contributed by atoms with van der Waals surface area (Å²) >= 11 is 18.1. The van der Waals surface area contributed by atoms with Crippen LogP contribution in [0, 0.1) is 0 Å². The Morgan fingerprint density at radius 2 is 1.71 bits per heavy atom. The fourth-order valence-electron chi connectivity index (χ4n) is 1.79. The molecule has 0 saturated carbocycles. The number of hydrogen-bond donors (Lipinski definition) is 1. The van der Waals surface area contributed by atoms with Crippen molar-refractivity contribution < 1.29 is 4.74 Å². The minimum Gasteiger partial charge on any atom is -0.496 e. The molecule has 0 amide bonds. The quantitative estimate of drug-likeness (QED) is 0.588. The Bertz CT molecular complexity index is 663. The highest BCUT2D eigenvalue weighted by Crippen LogP contribution is 2.33. The first kappa shape index (κ1) is 16.0. The number of halogens is 3. The first-order chi connectivity index (χ1) is 10.0. The first-order valence-corrected chi connectivity index (χ1v) is 7.24. The molecule has 3 nitrogen and oxygen atoms in total. The molecule has 0 aliphatic rings. The van der Waals surface area contributed by atoms with Crippen LogP contribution in [0.3, 0.4) is 0 Å². The van der Waals surface area contributed by atoms with E-state index in [1.807, 2.05) is 31.2 Å². The summed E-state index contributed by atoms with van der Waals surface area (Å²) in [6.45, 7) is 1.86. The minimum absolute atomic E-state index is 0.407. The third-order valence-electron chi connectivity index (χ3n) is 2.84. The van der Waals surface area contributed by atoms with Crippen LogP contribution >= 0.6 is 34.8 Å². The van der Waals surface area contributed by atoms with E-state index < -0.39 is 0 Å². The van der Waals surface area contributed by atoms with Gasteiger partial charge < -0.3 is 4.74 Å². The molecule has 0 bridgehead atoms. The molecular formula is C15H13Cl3N2O. The fourth-order valence-corrected chi connectivity index (χ4v) is 2.69. The molecule has 110 valence electrons. The molecule has 2 rings (SSSR count). The van der Waals surface area contributed by atoms with E-state index in [4.69, 9.17) is 39.5 Å². The van der Waals surface area contributed by atoms with Crippen LogP contribution in [0.4, 0.5) is 5.69 Å². The lowest BCUT2D eigenvalue weighted by Crippen LogP contribution is -2.02. The molecule has 2 aromatic rings. The van der Waals surface area contributed by atoms with E-state index in [2.05, 4.69) is 10.5 Å². The van der Waals surface area contributed by atoms with Crippen molar-refractivity contribution in [3.05, 3.63) is 57.0 Å². The van der Waals surface area contributed by atoms with Crippen molar-refractivity contribution in [3.8, 4) is 5.75 Å². The lowest BCUT2D eigenvalue weighted by atomic mass is 10.1. The second-order valence-corrected chi connectivity index (χ2v) is 5.50. The molecule has 0 aliphatic carbocycles. The Morgan fingerprint density at radius 3 is 2.33 bits per heavy atom. The molecule has 21 heavy (non-hydrogen) atoms. The maximum atomic E-state index is 6.10. The molecule has 0 aromatic heterocycles. The van der Waals surface area contributed by atoms with E-state index in [-0.39, 0.29) is 0 Å². The molecule has 0 aliphatic heterocycles. The van der Waals surface area contributed by atoms with Crippen LogP contribution in [0.1, 0.15) is 12.5 Å². The van der Waals surface area contributed by atoms with Crippen molar-refractivity contribution in [1.82, 2.24) is 0 Å². The smallest absolute Gasteiger partial charge is 0.127 e. The standard InChI is InChI=1S/C15H13Cl3N2O/c1-9(11-5-3-4-6-14(11)21-2)19-20-15-12(17)7-10(16)8-13(15)18/h3-8,20H,1-2H3/b19-9+. The van der Waals surface area contributed by atoms with E-state index in [1.54, 1.807) is 19.2 Å². The summed E-state index contributed by atoms with van der Waals surface area (Å²) in [5.41, 5.74) is 5.01. The van der Waals surface area contributed by atoms with Gasteiger partial charge in [0.2, 0.25) is 0 Å². The largest absolute Gasteiger partial charge is 0.496 e. The van der Waals surface area contributed by atoms with Gasteiger partial charge in [0.1, 0.15) is 5.75 Å². The monoisotopic (exact) mass is 342 g/mol. The predicted molar refractivity (Wildman–Crippen MR) is 90.3 cm³/mol. The SMILES string of the molecule is COc1ccccc1/C(C)=N/Nc1c(Cl)cc(Cl)cc1Cl. The highest BCUT2D eigenvalue weighted by molar-refractivity contribution is 6.41. The molecule has 0 atom stereocenters. The number of hydrogen-bond acceptors (Lipinski definition) is 3. The zero-order valence-electron chi connectivity index (χ0n) is 11.5.